The minimum absolute atomic E-state index is 0.0325. The Labute approximate surface area is 175 Å². The molecule has 30 heavy (non-hydrogen) atoms. The van der Waals surface area contributed by atoms with Gasteiger partial charge in [-0.1, -0.05) is 36.3 Å². The van der Waals surface area contributed by atoms with Gasteiger partial charge >= 0.3 is 0 Å². The number of likely N-dealkylation sites (tertiary alicyclic amines) is 1. The molecule has 2 heterocycles. The molecule has 1 N–H and O–H groups in total. The molecule has 6 nitrogen and oxygen atoms in total. The van der Waals surface area contributed by atoms with E-state index >= 15 is 0 Å². The van der Waals surface area contributed by atoms with Gasteiger partial charge in [-0.05, 0) is 55.6 Å². The third-order valence-electron chi connectivity index (χ3n) is 5.37. The molecule has 1 fully saturated rings. The molecule has 156 valence electrons. The molecule has 1 unspecified atom stereocenters. The number of amides is 1. The Bertz CT molecular complexity index is 1020. The van der Waals surface area contributed by atoms with E-state index in [9.17, 15) is 9.18 Å². The van der Waals surface area contributed by atoms with Crippen LogP contribution in [0.1, 0.15) is 37.1 Å². The third-order valence-corrected chi connectivity index (χ3v) is 5.37. The van der Waals surface area contributed by atoms with Crippen molar-refractivity contribution in [1.29, 1.82) is 0 Å². The standard InChI is InChI=1S/C23H25FN4O2/c1-2-16-6-3-10-20(12-16)25-21(29)15-28-11-5-8-18(14-28)23-26-22(27-30-23)17-7-4-9-19(24)13-17/h3-4,6-7,9-10,12-13,18H,2,5,8,11,14-15H2,1H3,(H,25,29). The van der Waals surface area contributed by atoms with Crippen molar-refractivity contribution < 1.29 is 13.7 Å². The van der Waals surface area contributed by atoms with Crippen molar-refractivity contribution in [3.8, 4) is 11.4 Å². The van der Waals surface area contributed by atoms with Crippen molar-refractivity contribution in [2.24, 2.45) is 0 Å². The molecular formula is C23H25FN4O2. The number of carbonyl (C=O) groups is 1. The SMILES string of the molecule is CCc1cccc(NC(=O)CN2CCCC(c3nc(-c4cccc(F)c4)no3)C2)c1. The fraction of sp³-hybridized carbons (Fsp3) is 0.348. The van der Waals surface area contributed by atoms with Gasteiger partial charge in [0.2, 0.25) is 17.6 Å². The van der Waals surface area contributed by atoms with Gasteiger partial charge in [-0.3, -0.25) is 9.69 Å². The average molecular weight is 408 g/mol. The Morgan fingerprint density at radius 1 is 1.27 bits per heavy atom. The van der Waals surface area contributed by atoms with Crippen LogP contribution >= 0.6 is 0 Å². The number of aromatic nitrogens is 2. The highest BCUT2D eigenvalue weighted by Crippen LogP contribution is 2.27. The second-order valence-electron chi connectivity index (χ2n) is 7.64. The second kappa shape index (κ2) is 9.17. The van der Waals surface area contributed by atoms with Gasteiger partial charge in [0.15, 0.2) is 0 Å². The summed E-state index contributed by atoms with van der Waals surface area (Å²) < 4.78 is 18.9. The average Bonchev–Trinajstić information content (AvgIpc) is 3.24. The van der Waals surface area contributed by atoms with Crippen molar-refractivity contribution in [2.75, 3.05) is 25.0 Å². The van der Waals surface area contributed by atoms with E-state index in [1.54, 1.807) is 12.1 Å². The third kappa shape index (κ3) is 4.91. The number of halogens is 1. The molecule has 1 saturated heterocycles. The van der Waals surface area contributed by atoms with E-state index in [2.05, 4.69) is 27.3 Å². The van der Waals surface area contributed by atoms with E-state index in [-0.39, 0.29) is 17.6 Å². The van der Waals surface area contributed by atoms with Crippen LogP contribution in [0.5, 0.6) is 0 Å². The van der Waals surface area contributed by atoms with Crippen LogP contribution in [0.4, 0.5) is 10.1 Å². The predicted octanol–water partition coefficient (Wildman–Crippen LogP) is 4.26. The molecule has 0 radical (unpaired) electrons. The fourth-order valence-electron chi connectivity index (χ4n) is 3.82. The molecule has 0 saturated carbocycles. The van der Waals surface area contributed by atoms with Crippen LogP contribution < -0.4 is 5.32 Å². The van der Waals surface area contributed by atoms with E-state index in [1.807, 2.05) is 24.3 Å². The number of piperidine rings is 1. The van der Waals surface area contributed by atoms with Gasteiger partial charge in [0, 0.05) is 17.8 Å². The van der Waals surface area contributed by atoms with Gasteiger partial charge in [-0.25, -0.2) is 4.39 Å². The molecule has 1 aliphatic rings. The molecule has 2 aromatic carbocycles. The minimum atomic E-state index is -0.335. The zero-order valence-electron chi connectivity index (χ0n) is 17.0. The Morgan fingerprint density at radius 3 is 2.97 bits per heavy atom. The van der Waals surface area contributed by atoms with E-state index in [0.29, 0.717) is 30.4 Å². The minimum Gasteiger partial charge on any atom is -0.339 e. The highest BCUT2D eigenvalue weighted by atomic mass is 19.1. The molecule has 1 atom stereocenters. The molecule has 4 rings (SSSR count). The first kappa shape index (κ1) is 20.2. The summed E-state index contributed by atoms with van der Waals surface area (Å²) in [4.78, 5) is 19.1. The van der Waals surface area contributed by atoms with Crippen molar-refractivity contribution in [1.82, 2.24) is 15.0 Å². The molecule has 0 aliphatic carbocycles. The summed E-state index contributed by atoms with van der Waals surface area (Å²) in [6, 6.07) is 14.1. The van der Waals surface area contributed by atoms with E-state index < -0.39 is 0 Å². The van der Waals surface area contributed by atoms with Crippen LogP contribution in [0.25, 0.3) is 11.4 Å². The van der Waals surface area contributed by atoms with Gasteiger partial charge in [0.25, 0.3) is 0 Å². The Morgan fingerprint density at radius 2 is 2.13 bits per heavy atom. The smallest absolute Gasteiger partial charge is 0.238 e. The highest BCUT2D eigenvalue weighted by Gasteiger charge is 2.27. The van der Waals surface area contributed by atoms with E-state index in [1.165, 1.54) is 17.7 Å². The lowest BCUT2D eigenvalue weighted by atomic mass is 9.98. The Hall–Kier alpha value is -3.06. The lowest BCUT2D eigenvalue weighted by molar-refractivity contribution is -0.117. The monoisotopic (exact) mass is 408 g/mol. The Balaban J connectivity index is 1.37. The van der Waals surface area contributed by atoms with E-state index in [0.717, 1.165) is 31.5 Å². The van der Waals surface area contributed by atoms with Crippen molar-refractivity contribution in [3.63, 3.8) is 0 Å². The second-order valence-corrected chi connectivity index (χ2v) is 7.64. The number of rotatable bonds is 6. The van der Waals surface area contributed by atoms with Crippen molar-refractivity contribution in [2.45, 2.75) is 32.1 Å². The van der Waals surface area contributed by atoms with Crippen LogP contribution in [-0.4, -0.2) is 40.6 Å². The molecule has 1 amide bonds. The zero-order valence-corrected chi connectivity index (χ0v) is 17.0. The lowest BCUT2D eigenvalue weighted by Crippen LogP contribution is -2.39. The molecule has 0 spiro atoms. The molecule has 1 aliphatic heterocycles. The highest BCUT2D eigenvalue weighted by molar-refractivity contribution is 5.92. The van der Waals surface area contributed by atoms with Gasteiger partial charge in [0.1, 0.15) is 5.82 Å². The van der Waals surface area contributed by atoms with Crippen LogP contribution in [-0.2, 0) is 11.2 Å². The van der Waals surface area contributed by atoms with Gasteiger partial charge < -0.3 is 9.84 Å². The lowest BCUT2D eigenvalue weighted by Gasteiger charge is -2.30. The Kier molecular flexibility index (Phi) is 6.18. The van der Waals surface area contributed by atoms with Crippen molar-refractivity contribution >= 4 is 11.6 Å². The van der Waals surface area contributed by atoms with Crippen LogP contribution in [0, 0.1) is 5.82 Å². The fourth-order valence-corrected chi connectivity index (χ4v) is 3.82. The van der Waals surface area contributed by atoms with Gasteiger partial charge in [-0.2, -0.15) is 4.98 Å². The van der Waals surface area contributed by atoms with Crippen molar-refractivity contribution in [3.05, 3.63) is 65.8 Å². The van der Waals surface area contributed by atoms with E-state index in [4.69, 9.17) is 4.52 Å². The maximum Gasteiger partial charge on any atom is 0.238 e. The first-order valence-electron chi connectivity index (χ1n) is 10.3. The van der Waals surface area contributed by atoms with Gasteiger partial charge in [-0.15, -0.1) is 0 Å². The zero-order chi connectivity index (χ0) is 20.9. The number of nitrogens with one attached hydrogen (secondary N) is 1. The summed E-state index contributed by atoms with van der Waals surface area (Å²) in [5, 5.41) is 6.99. The molecule has 3 aromatic rings. The molecule has 7 heteroatoms. The summed E-state index contributed by atoms with van der Waals surface area (Å²) in [6.45, 7) is 3.93. The topological polar surface area (TPSA) is 71.3 Å². The van der Waals surface area contributed by atoms with Crippen LogP contribution in [0.2, 0.25) is 0 Å². The summed E-state index contributed by atoms with van der Waals surface area (Å²) in [5.74, 6) is 0.614. The maximum absolute atomic E-state index is 13.5. The van der Waals surface area contributed by atoms with Crippen LogP contribution in [0.15, 0.2) is 53.1 Å². The molecule has 1 aromatic heterocycles. The summed E-state index contributed by atoms with van der Waals surface area (Å²) in [6.07, 6.45) is 2.79. The summed E-state index contributed by atoms with van der Waals surface area (Å²) in [5.41, 5.74) is 2.60. The summed E-state index contributed by atoms with van der Waals surface area (Å²) in [7, 11) is 0. The van der Waals surface area contributed by atoms with Crippen LogP contribution in [0.3, 0.4) is 0 Å². The number of benzene rings is 2. The first-order chi connectivity index (χ1) is 14.6. The summed E-state index contributed by atoms with van der Waals surface area (Å²) >= 11 is 0. The largest absolute Gasteiger partial charge is 0.339 e. The molecule has 0 bridgehead atoms. The number of carbonyl (C=O) groups excluding carboxylic acids is 1. The molecular weight excluding hydrogens is 383 g/mol. The first-order valence-corrected chi connectivity index (χ1v) is 10.3. The maximum atomic E-state index is 13.5. The van der Waals surface area contributed by atoms with Gasteiger partial charge in [0.05, 0.1) is 12.5 Å². The quantitative estimate of drug-likeness (QED) is 0.660. The number of hydrogen-bond acceptors (Lipinski definition) is 5. The number of hydrogen-bond donors (Lipinski definition) is 1. The number of aryl methyl sites for hydroxylation is 1. The number of anilines is 1. The number of nitrogens with zero attached hydrogens (tertiary/aromatic N) is 3. The predicted molar refractivity (Wildman–Crippen MR) is 113 cm³/mol. The normalized spacial score (nSPS) is 17.1.